The molecule has 1 fully saturated rings. The van der Waals surface area contributed by atoms with E-state index in [1.54, 1.807) is 0 Å². The van der Waals surface area contributed by atoms with E-state index in [4.69, 9.17) is 10.5 Å². The van der Waals surface area contributed by atoms with Crippen LogP contribution in [0.4, 0.5) is 0 Å². The molecule has 19 heavy (non-hydrogen) atoms. The van der Waals surface area contributed by atoms with E-state index >= 15 is 0 Å². The Labute approximate surface area is 117 Å². The summed E-state index contributed by atoms with van der Waals surface area (Å²) in [6, 6.07) is 8.78. The van der Waals surface area contributed by atoms with Crippen LogP contribution in [0.1, 0.15) is 57.7 Å². The number of hydrogen-bond acceptors (Lipinski definition) is 2. The van der Waals surface area contributed by atoms with Gasteiger partial charge in [-0.15, -0.1) is 0 Å². The van der Waals surface area contributed by atoms with Gasteiger partial charge in [0.2, 0.25) is 0 Å². The normalized spacial score (nSPS) is 25.5. The maximum absolute atomic E-state index is 6.36. The molecule has 106 valence electrons. The Balaban J connectivity index is 2.14. The van der Waals surface area contributed by atoms with Crippen molar-refractivity contribution in [1.82, 2.24) is 0 Å². The van der Waals surface area contributed by atoms with Crippen LogP contribution in [0.3, 0.4) is 0 Å². The molecule has 2 nitrogen and oxygen atoms in total. The number of hydrogen-bond donors (Lipinski definition) is 1. The zero-order valence-corrected chi connectivity index (χ0v) is 12.6. The predicted molar refractivity (Wildman–Crippen MR) is 80.2 cm³/mol. The van der Waals surface area contributed by atoms with Gasteiger partial charge in [0.25, 0.3) is 0 Å². The van der Waals surface area contributed by atoms with Crippen LogP contribution in [0.2, 0.25) is 0 Å². The molecule has 3 unspecified atom stereocenters. The summed E-state index contributed by atoms with van der Waals surface area (Å²) < 4.78 is 5.78. The lowest BCUT2D eigenvalue weighted by Crippen LogP contribution is -2.30. The largest absolute Gasteiger partial charge is 0.376 e. The lowest BCUT2D eigenvalue weighted by molar-refractivity contribution is 0.0725. The summed E-state index contributed by atoms with van der Waals surface area (Å²) in [5.41, 5.74) is 9.16. The fourth-order valence-corrected chi connectivity index (χ4v) is 2.73. The highest BCUT2D eigenvalue weighted by Crippen LogP contribution is 2.32. The van der Waals surface area contributed by atoms with Gasteiger partial charge in [-0.1, -0.05) is 52.0 Å². The van der Waals surface area contributed by atoms with Gasteiger partial charge < -0.3 is 10.5 Å². The zero-order valence-electron chi connectivity index (χ0n) is 12.6. The van der Waals surface area contributed by atoms with Crippen LogP contribution in [-0.2, 0) is 10.2 Å². The zero-order chi connectivity index (χ0) is 14.0. The van der Waals surface area contributed by atoms with Gasteiger partial charge in [0.1, 0.15) is 0 Å². The maximum Gasteiger partial charge on any atom is 0.0793 e. The third kappa shape index (κ3) is 3.01. The van der Waals surface area contributed by atoms with E-state index in [0.29, 0.717) is 5.92 Å². The van der Waals surface area contributed by atoms with Crippen LogP contribution in [-0.4, -0.2) is 12.7 Å². The standard InChI is InChI=1S/C17H27NO/c1-5-17(3,4)14-8-6-13(7-9-14)15(18)16-12(2)10-11-19-16/h6-9,12,15-16H,5,10-11,18H2,1-4H3. The molecule has 0 aliphatic carbocycles. The van der Waals surface area contributed by atoms with Crippen molar-refractivity contribution in [3.8, 4) is 0 Å². The summed E-state index contributed by atoms with van der Waals surface area (Å²) in [5, 5.41) is 0. The quantitative estimate of drug-likeness (QED) is 0.894. The van der Waals surface area contributed by atoms with Crippen LogP contribution in [0.25, 0.3) is 0 Å². The Hall–Kier alpha value is -0.860. The molecule has 1 aromatic carbocycles. The molecule has 3 atom stereocenters. The van der Waals surface area contributed by atoms with Gasteiger partial charge in [0.05, 0.1) is 12.1 Å². The average Bonchev–Trinajstić information content (AvgIpc) is 2.84. The summed E-state index contributed by atoms with van der Waals surface area (Å²) in [7, 11) is 0. The molecule has 1 aliphatic rings. The molecule has 1 heterocycles. The summed E-state index contributed by atoms with van der Waals surface area (Å²) in [6.07, 6.45) is 2.44. The molecule has 0 aromatic heterocycles. The Kier molecular flexibility index (Phi) is 4.32. The highest BCUT2D eigenvalue weighted by atomic mass is 16.5. The Morgan fingerprint density at radius 1 is 1.32 bits per heavy atom. The smallest absolute Gasteiger partial charge is 0.0793 e. The highest BCUT2D eigenvalue weighted by Gasteiger charge is 2.30. The second-order valence-electron chi connectivity index (χ2n) is 6.49. The molecule has 1 saturated heterocycles. The number of benzene rings is 1. The van der Waals surface area contributed by atoms with E-state index in [1.807, 2.05) is 0 Å². The lowest BCUT2D eigenvalue weighted by atomic mass is 9.81. The molecule has 2 rings (SSSR count). The fraction of sp³-hybridized carbons (Fsp3) is 0.647. The minimum atomic E-state index is -0.00344. The first-order chi connectivity index (χ1) is 8.95. The Bertz CT molecular complexity index is 410. The van der Waals surface area contributed by atoms with Gasteiger partial charge in [-0.25, -0.2) is 0 Å². The van der Waals surface area contributed by atoms with E-state index in [1.165, 1.54) is 11.1 Å². The minimum Gasteiger partial charge on any atom is -0.376 e. The summed E-state index contributed by atoms with van der Waals surface area (Å²) in [5.74, 6) is 0.557. The summed E-state index contributed by atoms with van der Waals surface area (Å²) >= 11 is 0. The van der Waals surface area contributed by atoms with E-state index in [-0.39, 0.29) is 17.6 Å². The lowest BCUT2D eigenvalue weighted by Gasteiger charge is -2.26. The second-order valence-corrected chi connectivity index (χ2v) is 6.49. The van der Waals surface area contributed by atoms with Crippen molar-refractivity contribution in [2.75, 3.05) is 6.61 Å². The summed E-state index contributed by atoms with van der Waals surface area (Å²) in [6.45, 7) is 9.87. The number of rotatable bonds is 4. The van der Waals surface area contributed by atoms with Crippen LogP contribution >= 0.6 is 0 Å². The van der Waals surface area contributed by atoms with Crippen molar-refractivity contribution in [2.24, 2.45) is 11.7 Å². The monoisotopic (exact) mass is 261 g/mol. The van der Waals surface area contributed by atoms with Crippen molar-refractivity contribution in [1.29, 1.82) is 0 Å². The SMILES string of the molecule is CCC(C)(C)c1ccc(C(N)C2OCCC2C)cc1. The van der Waals surface area contributed by atoms with E-state index < -0.39 is 0 Å². The molecule has 0 bridgehead atoms. The molecular weight excluding hydrogens is 234 g/mol. The van der Waals surface area contributed by atoms with Gasteiger partial charge in [-0.3, -0.25) is 0 Å². The van der Waals surface area contributed by atoms with Gasteiger partial charge in [-0.05, 0) is 35.3 Å². The van der Waals surface area contributed by atoms with E-state index in [2.05, 4.69) is 52.0 Å². The minimum absolute atomic E-state index is 0.00344. The molecule has 2 N–H and O–H groups in total. The molecule has 2 heteroatoms. The van der Waals surface area contributed by atoms with Crippen molar-refractivity contribution in [3.05, 3.63) is 35.4 Å². The van der Waals surface area contributed by atoms with Crippen LogP contribution in [0, 0.1) is 5.92 Å². The number of nitrogens with two attached hydrogens (primary N) is 1. The Morgan fingerprint density at radius 3 is 2.42 bits per heavy atom. The third-order valence-electron chi connectivity index (χ3n) is 4.76. The highest BCUT2D eigenvalue weighted by molar-refractivity contribution is 5.30. The van der Waals surface area contributed by atoms with Crippen molar-refractivity contribution >= 4 is 0 Å². The van der Waals surface area contributed by atoms with Gasteiger partial charge in [0.15, 0.2) is 0 Å². The van der Waals surface area contributed by atoms with Gasteiger partial charge >= 0.3 is 0 Å². The fourth-order valence-electron chi connectivity index (χ4n) is 2.73. The average molecular weight is 261 g/mol. The summed E-state index contributed by atoms with van der Waals surface area (Å²) in [4.78, 5) is 0. The maximum atomic E-state index is 6.36. The molecule has 0 spiro atoms. The number of ether oxygens (including phenoxy) is 1. The van der Waals surface area contributed by atoms with Crippen LogP contribution < -0.4 is 5.73 Å². The molecule has 0 amide bonds. The van der Waals surface area contributed by atoms with E-state index in [0.717, 1.165) is 19.4 Å². The van der Waals surface area contributed by atoms with E-state index in [9.17, 15) is 0 Å². The van der Waals surface area contributed by atoms with Crippen molar-refractivity contribution in [2.45, 2.75) is 58.1 Å². The van der Waals surface area contributed by atoms with Crippen molar-refractivity contribution in [3.63, 3.8) is 0 Å². The van der Waals surface area contributed by atoms with Gasteiger partial charge in [0, 0.05) is 6.61 Å². The topological polar surface area (TPSA) is 35.2 Å². The Morgan fingerprint density at radius 2 is 1.95 bits per heavy atom. The first-order valence-corrected chi connectivity index (χ1v) is 7.43. The molecular formula is C17H27NO. The molecule has 1 aromatic rings. The van der Waals surface area contributed by atoms with Crippen LogP contribution in [0.15, 0.2) is 24.3 Å². The molecule has 0 radical (unpaired) electrons. The predicted octanol–water partition coefficient (Wildman–Crippen LogP) is 3.80. The first kappa shape index (κ1) is 14.5. The van der Waals surface area contributed by atoms with Crippen LogP contribution in [0.5, 0.6) is 0 Å². The molecule has 1 aliphatic heterocycles. The molecule has 0 saturated carbocycles. The second kappa shape index (κ2) is 5.64. The first-order valence-electron chi connectivity index (χ1n) is 7.43. The van der Waals surface area contributed by atoms with Gasteiger partial charge in [-0.2, -0.15) is 0 Å². The van der Waals surface area contributed by atoms with Crippen molar-refractivity contribution < 1.29 is 4.74 Å². The third-order valence-corrected chi connectivity index (χ3v) is 4.76.